The van der Waals surface area contributed by atoms with Gasteiger partial charge in [-0.1, -0.05) is 47.0 Å². The van der Waals surface area contributed by atoms with E-state index in [1.54, 1.807) is 0 Å². The monoisotopic (exact) mass is 182 g/mol. The van der Waals surface area contributed by atoms with Crippen LogP contribution < -0.4 is 0 Å². The minimum Gasteiger partial charge on any atom is -0.0651 e. The molecule has 78 valence electrons. The van der Waals surface area contributed by atoms with Crippen molar-refractivity contribution in [3.05, 3.63) is 0 Å². The Morgan fingerprint density at radius 3 is 2.23 bits per heavy atom. The second-order valence-electron chi connectivity index (χ2n) is 5.48. The zero-order valence-electron chi connectivity index (χ0n) is 9.90. The third-order valence-electron chi connectivity index (χ3n) is 4.30. The van der Waals surface area contributed by atoms with Crippen LogP contribution in [0.3, 0.4) is 0 Å². The summed E-state index contributed by atoms with van der Waals surface area (Å²) in [6.45, 7) is 9.65. The first-order chi connectivity index (χ1) is 6.10. The van der Waals surface area contributed by atoms with Gasteiger partial charge < -0.3 is 0 Å². The van der Waals surface area contributed by atoms with Gasteiger partial charge in [0.1, 0.15) is 0 Å². The van der Waals surface area contributed by atoms with Crippen molar-refractivity contribution in [1.29, 1.82) is 0 Å². The number of hydrogen-bond donors (Lipinski definition) is 0. The average Bonchev–Trinajstić information content (AvgIpc) is 2.23. The Balaban J connectivity index is 2.58. The molecule has 0 saturated heterocycles. The maximum absolute atomic E-state index is 2.47. The molecule has 1 aliphatic carbocycles. The van der Waals surface area contributed by atoms with Crippen LogP contribution in [0.2, 0.25) is 0 Å². The lowest BCUT2D eigenvalue weighted by Gasteiger charge is -2.31. The van der Waals surface area contributed by atoms with Crippen LogP contribution in [-0.2, 0) is 0 Å². The highest BCUT2D eigenvalue weighted by Gasteiger charge is 2.31. The molecule has 0 aromatic carbocycles. The predicted molar refractivity (Wildman–Crippen MR) is 59.8 cm³/mol. The minimum atomic E-state index is 0.610. The predicted octanol–water partition coefficient (Wildman–Crippen LogP) is 4.64. The van der Waals surface area contributed by atoms with E-state index >= 15 is 0 Å². The summed E-state index contributed by atoms with van der Waals surface area (Å²) in [5, 5.41) is 0. The Bertz CT molecular complexity index is 146. The molecule has 0 aromatic rings. The second-order valence-corrected chi connectivity index (χ2v) is 5.48. The van der Waals surface area contributed by atoms with Gasteiger partial charge in [0.25, 0.3) is 0 Å². The molecule has 0 heterocycles. The summed E-state index contributed by atoms with van der Waals surface area (Å²) in [6.07, 6.45) is 8.65. The van der Waals surface area contributed by atoms with Crippen molar-refractivity contribution in [3.63, 3.8) is 0 Å². The molecule has 0 radical (unpaired) electrons. The van der Waals surface area contributed by atoms with Crippen LogP contribution in [0.1, 0.15) is 66.2 Å². The van der Waals surface area contributed by atoms with Crippen molar-refractivity contribution >= 4 is 0 Å². The third-order valence-corrected chi connectivity index (χ3v) is 4.30. The SMILES string of the molecule is CCC1CCC(CC)C(C)(C)CC1. The second kappa shape index (κ2) is 4.48. The smallest absolute Gasteiger partial charge is 0.0326 e. The Labute approximate surface area is 84.1 Å². The zero-order chi connectivity index (χ0) is 9.90. The fourth-order valence-corrected chi connectivity index (χ4v) is 2.92. The van der Waals surface area contributed by atoms with Crippen molar-refractivity contribution in [1.82, 2.24) is 0 Å². The Morgan fingerprint density at radius 2 is 1.69 bits per heavy atom. The average molecular weight is 182 g/mol. The zero-order valence-corrected chi connectivity index (χ0v) is 9.90. The molecule has 0 amide bonds. The molecule has 0 aliphatic heterocycles. The summed E-state index contributed by atoms with van der Waals surface area (Å²) in [7, 11) is 0. The molecule has 1 fully saturated rings. The van der Waals surface area contributed by atoms with Gasteiger partial charge in [-0.2, -0.15) is 0 Å². The highest BCUT2D eigenvalue weighted by atomic mass is 14.4. The van der Waals surface area contributed by atoms with Crippen molar-refractivity contribution in [2.45, 2.75) is 66.2 Å². The van der Waals surface area contributed by atoms with Crippen LogP contribution >= 0.6 is 0 Å². The van der Waals surface area contributed by atoms with Gasteiger partial charge in [-0.25, -0.2) is 0 Å². The summed E-state index contributed by atoms with van der Waals surface area (Å²) in [6, 6.07) is 0. The first-order valence-corrected chi connectivity index (χ1v) is 6.10. The van der Waals surface area contributed by atoms with E-state index in [1.165, 1.54) is 38.5 Å². The van der Waals surface area contributed by atoms with Crippen LogP contribution in [0.25, 0.3) is 0 Å². The van der Waals surface area contributed by atoms with Crippen molar-refractivity contribution in [2.75, 3.05) is 0 Å². The summed E-state index contributed by atoms with van der Waals surface area (Å²) >= 11 is 0. The topological polar surface area (TPSA) is 0 Å². The van der Waals surface area contributed by atoms with E-state index in [4.69, 9.17) is 0 Å². The minimum absolute atomic E-state index is 0.610. The first-order valence-electron chi connectivity index (χ1n) is 6.10. The molecule has 0 heteroatoms. The normalized spacial score (nSPS) is 34.2. The van der Waals surface area contributed by atoms with Gasteiger partial charge in [0.2, 0.25) is 0 Å². The molecule has 1 saturated carbocycles. The van der Waals surface area contributed by atoms with E-state index in [0.717, 1.165) is 11.8 Å². The largest absolute Gasteiger partial charge is 0.0651 e. The van der Waals surface area contributed by atoms with E-state index in [1.807, 2.05) is 0 Å². The molecule has 0 bridgehead atoms. The van der Waals surface area contributed by atoms with Crippen LogP contribution in [0, 0.1) is 17.3 Å². The van der Waals surface area contributed by atoms with Gasteiger partial charge in [0.05, 0.1) is 0 Å². The standard InChI is InChI=1S/C13H26/c1-5-11-7-8-12(6-2)13(3,4)10-9-11/h11-12H,5-10H2,1-4H3. The van der Waals surface area contributed by atoms with Crippen molar-refractivity contribution in [2.24, 2.45) is 17.3 Å². The highest BCUT2D eigenvalue weighted by Crippen LogP contribution is 2.43. The van der Waals surface area contributed by atoms with Crippen LogP contribution in [0.4, 0.5) is 0 Å². The summed E-state index contributed by atoms with van der Waals surface area (Å²) in [5.41, 5.74) is 0.610. The van der Waals surface area contributed by atoms with Gasteiger partial charge in [-0.15, -0.1) is 0 Å². The lowest BCUT2D eigenvalue weighted by atomic mass is 9.74. The Hall–Kier alpha value is 0. The van der Waals surface area contributed by atoms with Crippen molar-refractivity contribution in [3.8, 4) is 0 Å². The molecule has 1 rings (SSSR count). The van der Waals surface area contributed by atoms with Crippen molar-refractivity contribution < 1.29 is 0 Å². The fraction of sp³-hybridized carbons (Fsp3) is 1.00. The summed E-state index contributed by atoms with van der Waals surface area (Å²) in [4.78, 5) is 0. The summed E-state index contributed by atoms with van der Waals surface area (Å²) < 4.78 is 0. The Kier molecular flexibility index (Phi) is 3.82. The molecule has 13 heavy (non-hydrogen) atoms. The van der Waals surface area contributed by atoms with Gasteiger partial charge >= 0.3 is 0 Å². The lowest BCUT2D eigenvalue weighted by Crippen LogP contribution is -2.21. The molecule has 2 atom stereocenters. The lowest BCUT2D eigenvalue weighted by molar-refractivity contribution is 0.190. The third kappa shape index (κ3) is 2.72. The van der Waals surface area contributed by atoms with E-state index in [2.05, 4.69) is 27.7 Å². The molecule has 0 N–H and O–H groups in total. The molecular weight excluding hydrogens is 156 g/mol. The quantitative estimate of drug-likeness (QED) is 0.546. The molecular formula is C13H26. The number of hydrogen-bond acceptors (Lipinski definition) is 0. The molecule has 0 aromatic heterocycles. The molecule has 1 aliphatic rings. The van der Waals surface area contributed by atoms with E-state index in [0.29, 0.717) is 5.41 Å². The highest BCUT2D eigenvalue weighted by molar-refractivity contribution is 4.82. The Morgan fingerprint density at radius 1 is 1.00 bits per heavy atom. The number of rotatable bonds is 2. The van der Waals surface area contributed by atoms with E-state index < -0.39 is 0 Å². The molecule has 0 nitrogen and oxygen atoms in total. The summed E-state index contributed by atoms with van der Waals surface area (Å²) in [5.74, 6) is 2.00. The fourth-order valence-electron chi connectivity index (χ4n) is 2.92. The molecule has 2 unspecified atom stereocenters. The maximum Gasteiger partial charge on any atom is -0.0326 e. The van der Waals surface area contributed by atoms with E-state index in [-0.39, 0.29) is 0 Å². The molecule has 0 spiro atoms. The van der Waals surface area contributed by atoms with Gasteiger partial charge in [0, 0.05) is 0 Å². The van der Waals surface area contributed by atoms with Gasteiger partial charge in [-0.05, 0) is 36.5 Å². The van der Waals surface area contributed by atoms with Crippen LogP contribution in [-0.4, -0.2) is 0 Å². The van der Waals surface area contributed by atoms with E-state index in [9.17, 15) is 0 Å². The van der Waals surface area contributed by atoms with Gasteiger partial charge in [-0.3, -0.25) is 0 Å². The first kappa shape index (κ1) is 11.1. The maximum atomic E-state index is 2.47. The van der Waals surface area contributed by atoms with Crippen LogP contribution in [0.5, 0.6) is 0 Å². The van der Waals surface area contributed by atoms with Crippen LogP contribution in [0.15, 0.2) is 0 Å². The van der Waals surface area contributed by atoms with Gasteiger partial charge in [0.15, 0.2) is 0 Å².